The predicted molar refractivity (Wildman–Crippen MR) is 170 cm³/mol. The molecule has 0 saturated carbocycles. The van der Waals surface area contributed by atoms with Crippen molar-refractivity contribution in [3.63, 3.8) is 0 Å². The number of anilines is 2. The van der Waals surface area contributed by atoms with Crippen molar-refractivity contribution in [2.24, 2.45) is 0 Å². The minimum Gasteiger partial charge on any atom is -0.656 e. The van der Waals surface area contributed by atoms with E-state index in [1.165, 1.54) is 5.56 Å². The van der Waals surface area contributed by atoms with Gasteiger partial charge in [0.15, 0.2) is 6.61 Å². The first-order chi connectivity index (χ1) is 17.7. The molecule has 0 spiro atoms. The molecule has 0 aromatic heterocycles. The summed E-state index contributed by atoms with van der Waals surface area (Å²) in [5.41, 5.74) is 8.74. The van der Waals surface area contributed by atoms with Crippen molar-refractivity contribution in [3.05, 3.63) is 122 Å². The van der Waals surface area contributed by atoms with Crippen LogP contribution in [0, 0.1) is 28.7 Å². The first-order valence-electron chi connectivity index (χ1n) is 12.8. The number of para-hydroxylation sites is 3. The summed E-state index contributed by atoms with van der Waals surface area (Å²) in [6.07, 6.45) is 0. The van der Waals surface area contributed by atoms with Crippen molar-refractivity contribution in [3.8, 4) is 16.9 Å². The Kier molecular flexibility index (Phi) is 13.4. The maximum atomic E-state index is 11.5. The van der Waals surface area contributed by atoms with Crippen LogP contribution in [0.1, 0.15) is 37.5 Å². The molecule has 0 unspecified atom stereocenters. The Morgan fingerprint density at radius 1 is 0.775 bits per heavy atom. The number of phenolic OH excluding ortho intramolecular Hbond substituents is 1. The van der Waals surface area contributed by atoms with Gasteiger partial charge in [0.1, 0.15) is 12.9 Å². The van der Waals surface area contributed by atoms with Gasteiger partial charge in [-0.25, -0.2) is 0 Å². The van der Waals surface area contributed by atoms with Crippen LogP contribution in [-0.2, 0) is 31.3 Å². The number of rotatable bonds is 8. The SMILES string of the molecule is C[OH+]CCN(c1ccccc1[N-]c1ccc(C)cc1)c1ccccc1-c1cc(C)cc(C(C)(C)C)c1O.[CH3-].[CH3-].[Hf]. The third kappa shape index (κ3) is 8.08. The molecule has 0 saturated heterocycles. The number of aliphatic hydroxyl groups is 2. The topological polar surface area (TPSA) is 50.4 Å². The molecular formula is C35H44HfN2O2-2. The monoisotopic (exact) mass is 704 g/mol. The van der Waals surface area contributed by atoms with Gasteiger partial charge in [-0.2, -0.15) is 0 Å². The third-order valence-corrected chi connectivity index (χ3v) is 6.55. The number of aryl methyl sites for hydroxylation is 2. The average Bonchev–Trinajstić information content (AvgIpc) is 2.87. The van der Waals surface area contributed by atoms with Crippen molar-refractivity contribution in [1.29, 1.82) is 0 Å². The first kappa shape index (κ1) is 35.1. The van der Waals surface area contributed by atoms with Gasteiger partial charge < -0.3 is 34.9 Å². The van der Waals surface area contributed by atoms with Crippen LogP contribution in [0.3, 0.4) is 0 Å². The quantitative estimate of drug-likeness (QED) is 0.113. The van der Waals surface area contributed by atoms with Crippen molar-refractivity contribution in [2.75, 3.05) is 25.2 Å². The molecule has 0 atom stereocenters. The summed E-state index contributed by atoms with van der Waals surface area (Å²) in [4.78, 5) is 2.27. The molecular weight excluding hydrogens is 659 g/mol. The van der Waals surface area contributed by atoms with Crippen LogP contribution in [0.15, 0.2) is 84.9 Å². The Balaban J connectivity index is 0.00000267. The minimum absolute atomic E-state index is 0. The second-order valence-corrected chi connectivity index (χ2v) is 10.6. The normalized spacial score (nSPS) is 10.6. The van der Waals surface area contributed by atoms with Gasteiger partial charge in [0.25, 0.3) is 0 Å². The van der Waals surface area contributed by atoms with E-state index in [0.717, 1.165) is 45.0 Å². The Morgan fingerprint density at radius 3 is 2.00 bits per heavy atom. The molecule has 4 aromatic rings. The van der Waals surface area contributed by atoms with Crippen LogP contribution in [0.2, 0.25) is 0 Å². The van der Waals surface area contributed by atoms with Crippen LogP contribution < -0.4 is 4.90 Å². The van der Waals surface area contributed by atoms with Crippen molar-refractivity contribution in [1.82, 2.24) is 0 Å². The van der Waals surface area contributed by atoms with E-state index < -0.39 is 0 Å². The summed E-state index contributed by atoms with van der Waals surface area (Å²) in [6.45, 7) is 11.9. The van der Waals surface area contributed by atoms with Crippen molar-refractivity contribution < 1.29 is 35.7 Å². The van der Waals surface area contributed by atoms with Gasteiger partial charge >= 0.3 is 0 Å². The molecule has 0 bridgehead atoms. The molecule has 212 valence electrons. The maximum absolute atomic E-state index is 11.5. The molecule has 4 aromatic carbocycles. The Bertz CT molecular complexity index is 1360. The standard InChI is InChI=1S/C33H37N2O2.2CH3.Hf/c1-23-15-17-25(18-16-23)34-29-12-8-10-14-31(29)35(19-20-37-6)30-13-9-7-11-26(30)27-21-24(2)22-28(32(27)36)33(3,4)5;;;/h7-18,21-22,36H,19-20H2,1-6H3;2*1H3;/q3*-1;/p+1. The molecule has 0 aliphatic carbocycles. The molecule has 40 heavy (non-hydrogen) atoms. The molecule has 0 amide bonds. The van der Waals surface area contributed by atoms with E-state index >= 15 is 0 Å². The van der Waals surface area contributed by atoms with Crippen molar-refractivity contribution >= 4 is 22.7 Å². The summed E-state index contributed by atoms with van der Waals surface area (Å²) in [7, 11) is 1.84. The molecule has 5 heteroatoms. The van der Waals surface area contributed by atoms with Gasteiger partial charge in [-0.05, 0) is 43.0 Å². The van der Waals surface area contributed by atoms with Crippen LogP contribution in [-0.4, -0.2) is 30.1 Å². The van der Waals surface area contributed by atoms with Crippen LogP contribution in [0.5, 0.6) is 5.75 Å². The molecule has 0 aliphatic heterocycles. The molecule has 0 heterocycles. The fourth-order valence-corrected chi connectivity index (χ4v) is 4.61. The number of hydrogen-bond acceptors (Lipinski definition) is 2. The summed E-state index contributed by atoms with van der Waals surface area (Å²) in [5, 5.41) is 16.5. The van der Waals surface area contributed by atoms with E-state index in [1.807, 2.05) is 43.5 Å². The molecule has 4 rings (SSSR count). The first-order valence-corrected chi connectivity index (χ1v) is 12.8. The maximum Gasteiger partial charge on any atom is 0.162 e. The van der Waals surface area contributed by atoms with Crippen LogP contribution in [0.25, 0.3) is 16.4 Å². The second-order valence-electron chi connectivity index (χ2n) is 10.6. The van der Waals surface area contributed by atoms with E-state index in [0.29, 0.717) is 18.9 Å². The summed E-state index contributed by atoms with van der Waals surface area (Å²) in [5.74, 6) is 0.336. The number of benzene rings is 4. The largest absolute Gasteiger partial charge is 0.656 e. The fraction of sp³-hybridized carbons (Fsp3) is 0.257. The molecule has 0 aliphatic rings. The minimum atomic E-state index is -0.180. The van der Waals surface area contributed by atoms with Crippen LogP contribution in [0.4, 0.5) is 22.7 Å². The molecule has 4 nitrogen and oxygen atoms in total. The van der Waals surface area contributed by atoms with Gasteiger partial charge in [-0.15, -0.1) is 11.4 Å². The second kappa shape index (κ2) is 15.2. The Hall–Kier alpha value is -2.89. The number of ether oxygens (including phenoxy) is 1. The molecule has 2 N–H and O–H groups in total. The van der Waals surface area contributed by atoms with E-state index in [2.05, 4.69) is 92.8 Å². The molecule has 0 fully saturated rings. The third-order valence-electron chi connectivity index (χ3n) is 6.55. The van der Waals surface area contributed by atoms with E-state index in [4.69, 9.17) is 5.32 Å². The zero-order valence-corrected chi connectivity index (χ0v) is 28.9. The van der Waals surface area contributed by atoms with Gasteiger partial charge in [-0.3, -0.25) is 0 Å². The number of aromatic hydroxyl groups is 1. The summed E-state index contributed by atoms with van der Waals surface area (Å²) in [6, 6.07) is 28.9. The summed E-state index contributed by atoms with van der Waals surface area (Å²) >= 11 is 0. The van der Waals surface area contributed by atoms with Gasteiger partial charge in [0.2, 0.25) is 0 Å². The van der Waals surface area contributed by atoms with Crippen molar-refractivity contribution in [2.45, 2.75) is 40.0 Å². The van der Waals surface area contributed by atoms with Gasteiger partial charge in [0, 0.05) is 53.9 Å². The summed E-state index contributed by atoms with van der Waals surface area (Å²) < 4.78 is 4.41. The number of nitrogens with zero attached hydrogens (tertiary/aromatic N) is 2. The predicted octanol–water partition coefficient (Wildman–Crippen LogP) is 9.50. The fourth-order valence-electron chi connectivity index (χ4n) is 4.61. The van der Waals surface area contributed by atoms with E-state index in [1.54, 1.807) is 0 Å². The smallest absolute Gasteiger partial charge is 0.162 e. The van der Waals surface area contributed by atoms with E-state index in [9.17, 15) is 5.11 Å². The van der Waals surface area contributed by atoms with E-state index in [-0.39, 0.29) is 46.1 Å². The van der Waals surface area contributed by atoms with Gasteiger partial charge in [0.05, 0.1) is 6.54 Å². The van der Waals surface area contributed by atoms with Gasteiger partial charge in [-0.1, -0.05) is 93.1 Å². The zero-order valence-electron chi connectivity index (χ0n) is 25.3. The molecule has 0 radical (unpaired) electrons. The number of hydrogen-bond donors (Lipinski definition) is 1. The number of phenols is 1. The zero-order chi connectivity index (χ0) is 26.6. The average molecular weight is 703 g/mol. The van der Waals surface area contributed by atoms with Crippen LogP contribution >= 0.6 is 0 Å². The Labute approximate surface area is 261 Å². The Morgan fingerprint density at radius 2 is 1.38 bits per heavy atom.